The van der Waals surface area contributed by atoms with E-state index in [2.05, 4.69) is 110 Å². The van der Waals surface area contributed by atoms with Crippen LogP contribution < -0.4 is 10.1 Å². The summed E-state index contributed by atoms with van der Waals surface area (Å²) in [6, 6.07) is 35.6. The molecule has 1 heterocycles. The summed E-state index contributed by atoms with van der Waals surface area (Å²) in [5, 5.41) is 4.31. The van der Waals surface area contributed by atoms with Crippen molar-refractivity contribution in [3.8, 4) is 5.75 Å². The van der Waals surface area contributed by atoms with Gasteiger partial charge in [0.05, 0.1) is 0 Å². The van der Waals surface area contributed by atoms with E-state index in [4.69, 9.17) is 4.74 Å². The van der Waals surface area contributed by atoms with Crippen LogP contribution in [0.2, 0.25) is 0 Å². The molecule has 4 nitrogen and oxygen atoms in total. The van der Waals surface area contributed by atoms with Gasteiger partial charge in [0, 0.05) is 42.5 Å². The van der Waals surface area contributed by atoms with E-state index in [1.54, 1.807) is 0 Å². The molecule has 40 heavy (non-hydrogen) atoms. The highest BCUT2D eigenvalue weighted by Gasteiger charge is 2.23. The van der Waals surface area contributed by atoms with Crippen molar-refractivity contribution in [3.63, 3.8) is 0 Å². The van der Waals surface area contributed by atoms with E-state index in [9.17, 15) is 4.79 Å². The number of hydrogen-bond donors (Lipinski definition) is 1. The third-order valence-electron chi connectivity index (χ3n) is 7.30. The lowest BCUT2D eigenvalue weighted by Gasteiger charge is -2.18. The van der Waals surface area contributed by atoms with E-state index in [0.717, 1.165) is 23.4 Å². The first-order chi connectivity index (χ1) is 19.5. The van der Waals surface area contributed by atoms with Gasteiger partial charge in [-0.15, -0.1) is 0 Å². The minimum absolute atomic E-state index is 0.0680. The van der Waals surface area contributed by atoms with E-state index in [1.807, 2.05) is 30.3 Å². The van der Waals surface area contributed by atoms with Crippen molar-refractivity contribution in [3.05, 3.63) is 137 Å². The number of para-hydroxylation sites is 1. The van der Waals surface area contributed by atoms with Crippen molar-refractivity contribution >= 4 is 16.8 Å². The lowest BCUT2D eigenvalue weighted by atomic mass is 9.88. The van der Waals surface area contributed by atoms with Crippen molar-refractivity contribution < 1.29 is 9.53 Å². The second kappa shape index (κ2) is 12.7. The molecule has 0 aliphatic rings. The zero-order valence-electron chi connectivity index (χ0n) is 23.6. The number of amides is 1. The van der Waals surface area contributed by atoms with Crippen molar-refractivity contribution in [1.82, 2.24) is 9.88 Å². The molecular weight excluding hydrogens is 492 g/mol. The molecular formula is C36H38N2O2. The van der Waals surface area contributed by atoms with Crippen LogP contribution in [0.4, 0.5) is 0 Å². The molecule has 0 bridgehead atoms. The molecule has 1 aromatic heterocycles. The molecule has 5 aromatic rings. The van der Waals surface area contributed by atoms with Crippen molar-refractivity contribution in [2.45, 2.75) is 46.3 Å². The Morgan fingerprint density at radius 2 is 1.52 bits per heavy atom. The number of carbonyl (C=O) groups excluding carboxylic acids is 1. The molecule has 0 unspecified atom stereocenters. The molecule has 1 N–H and O–H groups in total. The Labute approximate surface area is 237 Å². The van der Waals surface area contributed by atoms with Gasteiger partial charge in [-0.05, 0) is 53.3 Å². The summed E-state index contributed by atoms with van der Waals surface area (Å²) in [6.07, 6.45) is 2.63. The molecule has 0 spiro atoms. The van der Waals surface area contributed by atoms with E-state index in [0.29, 0.717) is 25.5 Å². The largest absolute Gasteiger partial charge is 0.489 e. The maximum atomic E-state index is 13.2. The molecule has 1 amide bonds. The quantitative estimate of drug-likeness (QED) is 0.189. The second-order valence-corrected chi connectivity index (χ2v) is 11.0. The summed E-state index contributed by atoms with van der Waals surface area (Å²) >= 11 is 0. The fourth-order valence-corrected chi connectivity index (χ4v) is 5.09. The fraction of sp³-hybridized carbons (Fsp3) is 0.250. The van der Waals surface area contributed by atoms with Crippen LogP contribution in [-0.2, 0) is 17.9 Å². The fourth-order valence-electron chi connectivity index (χ4n) is 5.09. The summed E-state index contributed by atoms with van der Waals surface area (Å²) in [7, 11) is 0. The Morgan fingerprint density at radius 3 is 2.25 bits per heavy atom. The molecule has 1 atom stereocenters. The number of carbonyl (C=O) groups is 1. The van der Waals surface area contributed by atoms with Crippen LogP contribution in [0.25, 0.3) is 10.9 Å². The summed E-state index contributed by atoms with van der Waals surface area (Å²) in [4.78, 5) is 13.2. The van der Waals surface area contributed by atoms with Crippen LogP contribution in [0.3, 0.4) is 0 Å². The number of ether oxygens (including phenoxy) is 1. The number of aryl methyl sites for hydroxylation is 1. The van der Waals surface area contributed by atoms with Gasteiger partial charge in [0.15, 0.2) is 0 Å². The Kier molecular flexibility index (Phi) is 8.65. The molecule has 0 aliphatic heterocycles. The van der Waals surface area contributed by atoms with Crippen LogP contribution in [0.1, 0.15) is 54.0 Å². The maximum Gasteiger partial charge on any atom is 0.220 e. The number of aromatic nitrogens is 1. The number of benzene rings is 4. The second-order valence-electron chi connectivity index (χ2n) is 11.0. The number of rotatable bonds is 11. The zero-order chi connectivity index (χ0) is 27.9. The van der Waals surface area contributed by atoms with Crippen LogP contribution in [0, 0.1) is 12.8 Å². The van der Waals surface area contributed by atoms with Gasteiger partial charge < -0.3 is 14.6 Å². The number of hydrogen-bond acceptors (Lipinski definition) is 2. The van der Waals surface area contributed by atoms with Crippen LogP contribution >= 0.6 is 0 Å². The van der Waals surface area contributed by atoms with Crippen LogP contribution in [0.15, 0.2) is 109 Å². The summed E-state index contributed by atoms with van der Waals surface area (Å²) in [6.45, 7) is 8.31. The van der Waals surface area contributed by atoms with E-state index in [-0.39, 0.29) is 11.8 Å². The van der Waals surface area contributed by atoms with Gasteiger partial charge in [-0.3, -0.25) is 4.79 Å². The van der Waals surface area contributed by atoms with Crippen LogP contribution in [0.5, 0.6) is 5.75 Å². The molecule has 204 valence electrons. The SMILES string of the molecule is Cc1ccc(Cn2cc([C@@H](CC(=O)NCC(C)C)c3ccc(OCc4ccccc4)cc3)c3ccccc32)cc1. The highest BCUT2D eigenvalue weighted by molar-refractivity contribution is 5.86. The molecule has 0 fully saturated rings. The lowest BCUT2D eigenvalue weighted by Crippen LogP contribution is -2.28. The maximum absolute atomic E-state index is 13.2. The minimum Gasteiger partial charge on any atom is -0.489 e. The molecule has 0 saturated carbocycles. The van der Waals surface area contributed by atoms with E-state index >= 15 is 0 Å². The van der Waals surface area contributed by atoms with E-state index in [1.165, 1.54) is 27.6 Å². The first-order valence-electron chi connectivity index (χ1n) is 14.1. The highest BCUT2D eigenvalue weighted by Crippen LogP contribution is 2.36. The number of nitrogens with zero attached hydrogens (tertiary/aromatic N) is 1. The van der Waals surface area contributed by atoms with Crippen molar-refractivity contribution in [2.24, 2.45) is 5.92 Å². The minimum atomic E-state index is -0.0838. The van der Waals surface area contributed by atoms with Gasteiger partial charge in [-0.25, -0.2) is 0 Å². The molecule has 0 radical (unpaired) electrons. The lowest BCUT2D eigenvalue weighted by molar-refractivity contribution is -0.121. The molecule has 0 saturated heterocycles. The van der Waals surface area contributed by atoms with Crippen molar-refractivity contribution in [2.75, 3.05) is 6.54 Å². The first-order valence-corrected chi connectivity index (χ1v) is 14.1. The van der Waals surface area contributed by atoms with Gasteiger partial charge in [-0.2, -0.15) is 0 Å². The summed E-state index contributed by atoms with van der Waals surface area (Å²) in [5.41, 5.74) is 7.08. The highest BCUT2D eigenvalue weighted by atomic mass is 16.5. The Bertz CT molecular complexity index is 1530. The number of nitrogens with one attached hydrogen (secondary N) is 1. The Morgan fingerprint density at radius 1 is 0.825 bits per heavy atom. The molecule has 0 aliphatic carbocycles. The third kappa shape index (κ3) is 6.81. The molecule has 5 rings (SSSR count). The monoisotopic (exact) mass is 530 g/mol. The molecule has 4 heteroatoms. The standard InChI is InChI=1S/C36H38N2O2/c1-26(2)22-37-36(39)21-33(30-17-19-31(20-18-30)40-25-29-9-5-4-6-10-29)34-24-38(35-12-8-7-11-32(34)35)23-28-15-13-27(3)14-16-28/h4-20,24,26,33H,21-23,25H2,1-3H3,(H,37,39)/t33-/m0/s1. The zero-order valence-corrected chi connectivity index (χ0v) is 23.6. The van der Waals surface area contributed by atoms with Gasteiger partial charge in [0.1, 0.15) is 12.4 Å². The van der Waals surface area contributed by atoms with Gasteiger partial charge in [0.2, 0.25) is 5.91 Å². The predicted molar refractivity (Wildman–Crippen MR) is 164 cm³/mol. The normalized spacial score (nSPS) is 12.0. The number of fused-ring (bicyclic) bond motifs is 1. The average Bonchev–Trinajstić information content (AvgIpc) is 3.34. The van der Waals surface area contributed by atoms with Gasteiger partial charge in [-0.1, -0.05) is 104 Å². The van der Waals surface area contributed by atoms with Crippen molar-refractivity contribution in [1.29, 1.82) is 0 Å². The van der Waals surface area contributed by atoms with Crippen LogP contribution in [-0.4, -0.2) is 17.0 Å². The summed E-state index contributed by atoms with van der Waals surface area (Å²) in [5.74, 6) is 1.20. The topological polar surface area (TPSA) is 43.3 Å². The summed E-state index contributed by atoms with van der Waals surface area (Å²) < 4.78 is 8.36. The first kappa shape index (κ1) is 27.3. The smallest absolute Gasteiger partial charge is 0.220 e. The third-order valence-corrected chi connectivity index (χ3v) is 7.30. The van der Waals surface area contributed by atoms with E-state index < -0.39 is 0 Å². The van der Waals surface area contributed by atoms with Gasteiger partial charge >= 0.3 is 0 Å². The molecule has 4 aromatic carbocycles. The average molecular weight is 531 g/mol. The van der Waals surface area contributed by atoms with Gasteiger partial charge in [0.25, 0.3) is 0 Å². The Balaban J connectivity index is 1.46. The predicted octanol–water partition coefficient (Wildman–Crippen LogP) is 7.87. The Hall–Kier alpha value is -4.31.